The third-order valence-electron chi connectivity index (χ3n) is 4.45. The molecule has 1 aliphatic heterocycles. The van der Waals surface area contributed by atoms with Gasteiger partial charge in [-0.05, 0) is 37.7 Å². The molecular weight excluding hydrogens is 294 g/mol. The predicted octanol–water partition coefficient (Wildman–Crippen LogP) is 2.70. The van der Waals surface area contributed by atoms with Crippen LogP contribution in [0.15, 0.2) is 30.3 Å². The van der Waals surface area contributed by atoms with Gasteiger partial charge in [0.1, 0.15) is 6.04 Å². The number of carboxylic acids is 1. The molecule has 1 fully saturated rings. The van der Waals surface area contributed by atoms with Crippen molar-refractivity contribution in [3.05, 3.63) is 35.9 Å². The number of hydrogen-bond donors (Lipinski definition) is 1. The van der Waals surface area contributed by atoms with Gasteiger partial charge in [-0.25, -0.2) is 4.79 Å². The first-order chi connectivity index (χ1) is 11.1. The van der Waals surface area contributed by atoms with Gasteiger partial charge in [-0.3, -0.25) is 4.79 Å². The Morgan fingerprint density at radius 2 is 1.91 bits per heavy atom. The van der Waals surface area contributed by atoms with Gasteiger partial charge in [-0.2, -0.15) is 0 Å². The maximum atomic E-state index is 12.6. The Morgan fingerprint density at radius 3 is 2.52 bits per heavy atom. The van der Waals surface area contributed by atoms with Crippen LogP contribution in [-0.4, -0.2) is 41.1 Å². The lowest BCUT2D eigenvalue weighted by Crippen LogP contribution is -2.42. The fourth-order valence-electron chi connectivity index (χ4n) is 2.86. The molecule has 5 nitrogen and oxygen atoms in total. The SMILES string of the molecule is CC(C(=O)O)N(Cc1ccccc1)C(=O)CCC1CCOCC1. The summed E-state index contributed by atoms with van der Waals surface area (Å²) in [5.41, 5.74) is 0.944. The smallest absolute Gasteiger partial charge is 0.326 e. The van der Waals surface area contributed by atoms with Gasteiger partial charge in [0, 0.05) is 26.2 Å². The molecule has 0 saturated carbocycles. The van der Waals surface area contributed by atoms with Gasteiger partial charge >= 0.3 is 5.97 Å². The van der Waals surface area contributed by atoms with E-state index in [9.17, 15) is 14.7 Å². The third-order valence-corrected chi connectivity index (χ3v) is 4.45. The van der Waals surface area contributed by atoms with E-state index in [0.29, 0.717) is 18.9 Å². The molecule has 0 spiro atoms. The molecule has 126 valence electrons. The average Bonchev–Trinajstić information content (AvgIpc) is 2.58. The van der Waals surface area contributed by atoms with Gasteiger partial charge in [0.05, 0.1) is 0 Å². The molecule has 1 heterocycles. The van der Waals surface area contributed by atoms with Crippen LogP contribution in [0, 0.1) is 5.92 Å². The highest BCUT2D eigenvalue weighted by Crippen LogP contribution is 2.21. The molecule has 1 aromatic rings. The molecule has 2 rings (SSSR count). The largest absolute Gasteiger partial charge is 0.480 e. The molecule has 0 radical (unpaired) electrons. The number of rotatable bonds is 7. The van der Waals surface area contributed by atoms with E-state index in [1.54, 1.807) is 6.92 Å². The van der Waals surface area contributed by atoms with Crippen LogP contribution in [0.5, 0.6) is 0 Å². The summed E-state index contributed by atoms with van der Waals surface area (Å²) < 4.78 is 5.33. The van der Waals surface area contributed by atoms with E-state index >= 15 is 0 Å². The first-order valence-electron chi connectivity index (χ1n) is 8.22. The first kappa shape index (κ1) is 17.5. The molecule has 1 N–H and O–H groups in total. The number of aliphatic carboxylic acids is 1. The number of hydrogen-bond acceptors (Lipinski definition) is 3. The van der Waals surface area contributed by atoms with E-state index in [1.165, 1.54) is 4.90 Å². The number of ether oxygens (including phenoxy) is 1. The fourth-order valence-corrected chi connectivity index (χ4v) is 2.86. The van der Waals surface area contributed by atoms with Crippen LogP contribution in [0.25, 0.3) is 0 Å². The van der Waals surface area contributed by atoms with E-state index in [4.69, 9.17) is 4.74 Å². The molecule has 1 atom stereocenters. The summed E-state index contributed by atoms with van der Waals surface area (Å²) in [6, 6.07) is 8.69. The predicted molar refractivity (Wildman–Crippen MR) is 86.9 cm³/mol. The number of amides is 1. The van der Waals surface area contributed by atoms with Gasteiger partial charge < -0.3 is 14.7 Å². The van der Waals surface area contributed by atoms with Crippen LogP contribution < -0.4 is 0 Å². The van der Waals surface area contributed by atoms with E-state index in [2.05, 4.69) is 0 Å². The Labute approximate surface area is 137 Å². The molecule has 1 aliphatic rings. The van der Waals surface area contributed by atoms with Crippen LogP contribution in [0.3, 0.4) is 0 Å². The summed E-state index contributed by atoms with van der Waals surface area (Å²) in [5, 5.41) is 9.29. The van der Waals surface area contributed by atoms with Crippen LogP contribution in [-0.2, 0) is 20.9 Å². The molecule has 1 amide bonds. The van der Waals surface area contributed by atoms with Crippen molar-refractivity contribution < 1.29 is 19.4 Å². The highest BCUT2D eigenvalue weighted by Gasteiger charge is 2.26. The number of benzene rings is 1. The van der Waals surface area contributed by atoms with Crippen LogP contribution in [0.1, 0.15) is 38.2 Å². The minimum absolute atomic E-state index is 0.0877. The monoisotopic (exact) mass is 319 g/mol. The number of carbonyl (C=O) groups excluding carboxylic acids is 1. The Bertz CT molecular complexity index is 511. The molecule has 1 unspecified atom stereocenters. The lowest BCUT2D eigenvalue weighted by molar-refractivity contribution is -0.150. The Kier molecular flexibility index (Phi) is 6.59. The summed E-state index contributed by atoms with van der Waals surface area (Å²) in [6.07, 6.45) is 3.18. The number of carboxylic acid groups (broad SMARTS) is 1. The fraction of sp³-hybridized carbons (Fsp3) is 0.556. The lowest BCUT2D eigenvalue weighted by atomic mass is 9.94. The topological polar surface area (TPSA) is 66.8 Å². The summed E-state index contributed by atoms with van der Waals surface area (Å²) in [4.78, 5) is 25.4. The van der Waals surface area contributed by atoms with Crippen molar-refractivity contribution >= 4 is 11.9 Å². The molecule has 0 aromatic heterocycles. The number of nitrogens with zero attached hydrogens (tertiary/aromatic N) is 1. The van der Waals surface area contributed by atoms with Gasteiger partial charge in [-0.1, -0.05) is 30.3 Å². The molecule has 23 heavy (non-hydrogen) atoms. The summed E-state index contributed by atoms with van der Waals surface area (Å²) >= 11 is 0. The molecule has 1 aromatic carbocycles. The van der Waals surface area contributed by atoms with Crippen LogP contribution >= 0.6 is 0 Å². The van der Waals surface area contributed by atoms with Crippen molar-refractivity contribution in [2.75, 3.05) is 13.2 Å². The standard InChI is InChI=1S/C18H25NO4/c1-14(18(21)22)19(13-16-5-3-2-4-6-16)17(20)8-7-15-9-11-23-12-10-15/h2-6,14-15H,7-13H2,1H3,(H,21,22). The number of carbonyl (C=O) groups is 2. The molecule has 5 heteroatoms. The molecule has 0 bridgehead atoms. The lowest BCUT2D eigenvalue weighted by Gasteiger charge is -2.28. The van der Waals surface area contributed by atoms with Crippen LogP contribution in [0.2, 0.25) is 0 Å². The van der Waals surface area contributed by atoms with Gasteiger partial charge in [0.25, 0.3) is 0 Å². The van der Waals surface area contributed by atoms with Crippen molar-refractivity contribution in [2.24, 2.45) is 5.92 Å². The molecule has 0 aliphatic carbocycles. The first-order valence-corrected chi connectivity index (χ1v) is 8.22. The minimum Gasteiger partial charge on any atom is -0.480 e. The zero-order valence-electron chi connectivity index (χ0n) is 13.6. The average molecular weight is 319 g/mol. The van der Waals surface area contributed by atoms with E-state index < -0.39 is 12.0 Å². The summed E-state index contributed by atoms with van der Waals surface area (Å²) in [7, 11) is 0. The van der Waals surface area contributed by atoms with Gasteiger partial charge in [0.2, 0.25) is 5.91 Å². The quantitative estimate of drug-likeness (QED) is 0.839. The van der Waals surface area contributed by atoms with E-state index in [-0.39, 0.29) is 5.91 Å². The molecule has 1 saturated heterocycles. The second-order valence-corrected chi connectivity index (χ2v) is 6.12. The Morgan fingerprint density at radius 1 is 1.26 bits per heavy atom. The van der Waals surface area contributed by atoms with Gasteiger partial charge in [0.15, 0.2) is 0 Å². The van der Waals surface area contributed by atoms with E-state index in [0.717, 1.165) is 38.0 Å². The highest BCUT2D eigenvalue weighted by atomic mass is 16.5. The van der Waals surface area contributed by atoms with Crippen molar-refractivity contribution in [2.45, 2.75) is 45.2 Å². The normalized spacial score (nSPS) is 16.7. The maximum absolute atomic E-state index is 12.6. The van der Waals surface area contributed by atoms with Crippen molar-refractivity contribution in [1.82, 2.24) is 4.90 Å². The summed E-state index contributed by atoms with van der Waals surface area (Å²) in [5.74, 6) is -0.554. The molecular formula is C18H25NO4. The second-order valence-electron chi connectivity index (χ2n) is 6.12. The second kappa shape index (κ2) is 8.67. The maximum Gasteiger partial charge on any atom is 0.326 e. The van der Waals surface area contributed by atoms with Crippen molar-refractivity contribution in [3.8, 4) is 0 Å². The summed E-state index contributed by atoms with van der Waals surface area (Å²) in [6.45, 7) is 3.43. The Hall–Kier alpha value is -1.88. The third kappa shape index (κ3) is 5.36. The van der Waals surface area contributed by atoms with E-state index in [1.807, 2.05) is 30.3 Å². The minimum atomic E-state index is -0.972. The highest BCUT2D eigenvalue weighted by molar-refractivity contribution is 5.83. The van der Waals surface area contributed by atoms with Crippen LogP contribution in [0.4, 0.5) is 0 Å². The Balaban J connectivity index is 1.97. The van der Waals surface area contributed by atoms with Crippen molar-refractivity contribution in [3.63, 3.8) is 0 Å². The zero-order valence-corrected chi connectivity index (χ0v) is 13.6. The van der Waals surface area contributed by atoms with Gasteiger partial charge in [-0.15, -0.1) is 0 Å². The van der Waals surface area contributed by atoms with Crippen molar-refractivity contribution in [1.29, 1.82) is 0 Å². The zero-order chi connectivity index (χ0) is 16.7.